The molecular weight excluding hydrogens is 287 g/mol. The third-order valence-electron chi connectivity index (χ3n) is 1.41. The van der Waals surface area contributed by atoms with Gasteiger partial charge in [-0.1, -0.05) is 26.7 Å². The number of unbranched alkanes of at least 4 members (excludes halogenated alkanes) is 2. The Hall–Kier alpha value is 1.39. The Morgan fingerprint density at radius 2 is 1.18 bits per heavy atom. The molecule has 0 saturated carbocycles. The molecular formula is C8H21Br2P. The van der Waals surface area contributed by atoms with Crippen LogP contribution in [0.1, 0.15) is 39.5 Å². The van der Waals surface area contributed by atoms with Crippen molar-refractivity contribution in [3.8, 4) is 0 Å². The van der Waals surface area contributed by atoms with Gasteiger partial charge in [0.15, 0.2) is 0 Å². The SMILES string of the molecule is Br.Br.CCCCPCCCC. The van der Waals surface area contributed by atoms with Gasteiger partial charge < -0.3 is 0 Å². The maximum atomic E-state index is 2.27. The van der Waals surface area contributed by atoms with E-state index in [0.717, 1.165) is 0 Å². The highest BCUT2D eigenvalue weighted by molar-refractivity contribution is 8.93. The van der Waals surface area contributed by atoms with Crippen molar-refractivity contribution >= 4 is 42.5 Å². The highest BCUT2D eigenvalue weighted by Crippen LogP contribution is 2.14. The van der Waals surface area contributed by atoms with Crippen molar-refractivity contribution in [2.24, 2.45) is 0 Å². The number of halogens is 2. The van der Waals surface area contributed by atoms with Crippen LogP contribution >= 0.6 is 42.5 Å². The second kappa shape index (κ2) is 17.5. The molecule has 0 saturated heterocycles. The smallest absolute Gasteiger partial charge is 0.0354 e. The fraction of sp³-hybridized carbons (Fsp3) is 1.00. The molecule has 0 atom stereocenters. The van der Waals surface area contributed by atoms with Gasteiger partial charge >= 0.3 is 0 Å². The Labute approximate surface area is 94.2 Å². The van der Waals surface area contributed by atoms with Gasteiger partial charge in [-0.3, -0.25) is 0 Å². The standard InChI is InChI=1S/C8H19P.2BrH/c1-3-5-7-9-8-6-4-2;;/h9H,3-8H2,1-2H3;2*1H. The predicted octanol–water partition coefficient (Wildman–Crippen LogP) is 4.42. The van der Waals surface area contributed by atoms with Crippen LogP contribution in [0.4, 0.5) is 0 Å². The molecule has 0 unspecified atom stereocenters. The quantitative estimate of drug-likeness (QED) is 0.503. The minimum atomic E-state index is 0. The summed E-state index contributed by atoms with van der Waals surface area (Å²) in [6, 6.07) is 0. The number of rotatable bonds is 6. The van der Waals surface area contributed by atoms with Crippen molar-refractivity contribution in [2.45, 2.75) is 39.5 Å². The molecule has 0 heterocycles. The van der Waals surface area contributed by atoms with Crippen LogP contribution in [0.5, 0.6) is 0 Å². The highest BCUT2D eigenvalue weighted by atomic mass is 79.9. The van der Waals surface area contributed by atoms with Crippen molar-refractivity contribution in [1.29, 1.82) is 0 Å². The summed E-state index contributed by atoms with van der Waals surface area (Å²) in [7, 11) is 1.25. The van der Waals surface area contributed by atoms with Crippen LogP contribution in [-0.2, 0) is 0 Å². The molecule has 0 radical (unpaired) electrons. The summed E-state index contributed by atoms with van der Waals surface area (Å²) in [6.45, 7) is 4.54. The van der Waals surface area contributed by atoms with Crippen LogP contribution < -0.4 is 0 Å². The van der Waals surface area contributed by atoms with E-state index in [4.69, 9.17) is 0 Å². The minimum Gasteiger partial charge on any atom is -0.122 e. The first-order valence-corrected chi connectivity index (χ1v) is 5.54. The molecule has 0 aliphatic heterocycles. The first-order valence-electron chi connectivity index (χ1n) is 4.12. The van der Waals surface area contributed by atoms with E-state index >= 15 is 0 Å². The van der Waals surface area contributed by atoms with Crippen molar-refractivity contribution < 1.29 is 0 Å². The molecule has 0 amide bonds. The Balaban J connectivity index is -0.000000320. The second-order valence-electron chi connectivity index (χ2n) is 2.46. The molecule has 0 bridgehead atoms. The summed E-state index contributed by atoms with van der Waals surface area (Å²) >= 11 is 0. The van der Waals surface area contributed by atoms with Gasteiger partial charge in [-0.15, -0.1) is 42.5 Å². The zero-order chi connectivity index (χ0) is 6.95. The first-order chi connectivity index (χ1) is 4.41. The lowest BCUT2D eigenvalue weighted by Gasteiger charge is -1.96. The lowest BCUT2D eigenvalue weighted by Crippen LogP contribution is -1.78. The molecule has 3 heteroatoms. The van der Waals surface area contributed by atoms with Crippen LogP contribution in [0.2, 0.25) is 0 Å². The lowest BCUT2D eigenvalue weighted by molar-refractivity contribution is 0.874. The zero-order valence-corrected chi connectivity index (χ0v) is 12.0. The Kier molecular flexibility index (Phi) is 28.9. The summed E-state index contributed by atoms with van der Waals surface area (Å²) in [5, 5.41) is 0. The molecule has 0 aromatic rings. The van der Waals surface area contributed by atoms with Gasteiger partial charge in [-0.05, 0) is 25.2 Å². The first kappa shape index (κ1) is 18.2. The number of hydrogen-bond acceptors (Lipinski definition) is 0. The third-order valence-corrected chi connectivity index (χ3v) is 2.83. The minimum absolute atomic E-state index is 0. The molecule has 72 valence electrons. The highest BCUT2D eigenvalue weighted by Gasteiger charge is 1.85. The van der Waals surface area contributed by atoms with E-state index in [0.29, 0.717) is 0 Å². The lowest BCUT2D eigenvalue weighted by atomic mass is 10.4. The molecule has 0 aliphatic carbocycles. The van der Waals surface area contributed by atoms with Crippen molar-refractivity contribution in [2.75, 3.05) is 12.3 Å². The largest absolute Gasteiger partial charge is 0.122 e. The van der Waals surface area contributed by atoms with Gasteiger partial charge in [0.1, 0.15) is 0 Å². The topological polar surface area (TPSA) is 0 Å². The summed E-state index contributed by atoms with van der Waals surface area (Å²) in [6.07, 6.45) is 8.61. The van der Waals surface area contributed by atoms with Gasteiger partial charge in [0.2, 0.25) is 0 Å². The Morgan fingerprint density at radius 1 is 0.818 bits per heavy atom. The van der Waals surface area contributed by atoms with Crippen LogP contribution in [0, 0.1) is 0 Å². The van der Waals surface area contributed by atoms with Crippen LogP contribution in [0.25, 0.3) is 0 Å². The van der Waals surface area contributed by atoms with Crippen LogP contribution in [-0.4, -0.2) is 12.3 Å². The van der Waals surface area contributed by atoms with Crippen molar-refractivity contribution in [1.82, 2.24) is 0 Å². The van der Waals surface area contributed by atoms with Crippen molar-refractivity contribution in [3.63, 3.8) is 0 Å². The Morgan fingerprint density at radius 3 is 1.45 bits per heavy atom. The predicted molar refractivity (Wildman–Crippen MR) is 68.5 cm³/mol. The van der Waals surface area contributed by atoms with E-state index < -0.39 is 0 Å². The van der Waals surface area contributed by atoms with Crippen LogP contribution in [0.15, 0.2) is 0 Å². The summed E-state index contributed by atoms with van der Waals surface area (Å²) in [5.41, 5.74) is 0. The van der Waals surface area contributed by atoms with E-state index in [1.54, 1.807) is 0 Å². The molecule has 0 aromatic heterocycles. The molecule has 0 rings (SSSR count). The van der Waals surface area contributed by atoms with Gasteiger partial charge in [0.05, 0.1) is 0 Å². The maximum Gasteiger partial charge on any atom is -0.0354 e. The monoisotopic (exact) mass is 306 g/mol. The van der Waals surface area contributed by atoms with E-state index in [9.17, 15) is 0 Å². The van der Waals surface area contributed by atoms with Crippen molar-refractivity contribution in [3.05, 3.63) is 0 Å². The molecule has 0 aliphatic rings. The van der Waals surface area contributed by atoms with Gasteiger partial charge in [-0.2, -0.15) is 0 Å². The zero-order valence-electron chi connectivity index (χ0n) is 7.56. The summed E-state index contributed by atoms with van der Waals surface area (Å²) in [4.78, 5) is 0. The second-order valence-corrected chi connectivity index (χ2v) is 3.96. The molecule has 0 nitrogen and oxygen atoms in total. The molecule has 11 heavy (non-hydrogen) atoms. The fourth-order valence-corrected chi connectivity index (χ4v) is 2.19. The van der Waals surface area contributed by atoms with E-state index in [1.807, 2.05) is 0 Å². The van der Waals surface area contributed by atoms with E-state index in [1.165, 1.54) is 46.6 Å². The average molecular weight is 308 g/mol. The average Bonchev–Trinajstić information content (AvgIpc) is 1.89. The van der Waals surface area contributed by atoms with E-state index in [2.05, 4.69) is 13.8 Å². The number of hydrogen-bond donors (Lipinski definition) is 0. The van der Waals surface area contributed by atoms with E-state index in [-0.39, 0.29) is 34.0 Å². The fourth-order valence-electron chi connectivity index (χ4n) is 0.729. The normalized spacial score (nSPS) is 8.18. The summed E-state index contributed by atoms with van der Waals surface area (Å²) in [5.74, 6) is 0. The van der Waals surface area contributed by atoms with Gasteiger partial charge in [0, 0.05) is 0 Å². The van der Waals surface area contributed by atoms with Gasteiger partial charge in [0.25, 0.3) is 0 Å². The maximum absolute atomic E-state index is 2.27. The Bertz CT molecular complexity index is 45.4. The third kappa shape index (κ3) is 18.4. The van der Waals surface area contributed by atoms with Gasteiger partial charge in [-0.25, -0.2) is 0 Å². The molecule has 0 N–H and O–H groups in total. The molecule has 0 spiro atoms. The summed E-state index contributed by atoms with van der Waals surface area (Å²) < 4.78 is 0. The van der Waals surface area contributed by atoms with Crippen LogP contribution in [0.3, 0.4) is 0 Å². The molecule has 0 aromatic carbocycles. The molecule has 0 fully saturated rings.